The Morgan fingerprint density at radius 3 is 2.71 bits per heavy atom. The fourth-order valence-electron chi connectivity index (χ4n) is 2.69. The molecule has 2 aliphatic rings. The molecule has 21 heavy (non-hydrogen) atoms. The van der Waals surface area contributed by atoms with E-state index in [2.05, 4.69) is 10.6 Å². The monoisotopic (exact) mass is 289 g/mol. The maximum Gasteiger partial charge on any atom is 0.321 e. The fraction of sp³-hybridized carbons (Fsp3) is 0.467. The first-order chi connectivity index (χ1) is 10.1. The highest BCUT2D eigenvalue weighted by Crippen LogP contribution is 2.23. The predicted molar refractivity (Wildman–Crippen MR) is 79.3 cm³/mol. The summed E-state index contributed by atoms with van der Waals surface area (Å²) in [6.07, 6.45) is 0.551. The summed E-state index contributed by atoms with van der Waals surface area (Å²) in [6, 6.07) is 7.19. The van der Waals surface area contributed by atoms with Crippen LogP contribution in [0, 0.1) is 5.92 Å². The zero-order chi connectivity index (χ0) is 14.8. The van der Waals surface area contributed by atoms with Gasteiger partial charge in [0.15, 0.2) is 0 Å². The lowest BCUT2D eigenvalue weighted by Crippen LogP contribution is -2.31. The number of anilines is 2. The molecule has 2 N–H and O–H groups in total. The molecule has 0 bridgehead atoms. The van der Waals surface area contributed by atoms with Crippen molar-refractivity contribution in [1.29, 1.82) is 0 Å². The topological polar surface area (TPSA) is 70.7 Å². The molecule has 0 aliphatic carbocycles. The summed E-state index contributed by atoms with van der Waals surface area (Å²) in [5.41, 5.74) is 1.54. The van der Waals surface area contributed by atoms with Crippen molar-refractivity contribution in [2.75, 3.05) is 29.9 Å². The second-order valence-corrected chi connectivity index (χ2v) is 5.48. The number of carbonyl (C=O) groups is 2. The van der Waals surface area contributed by atoms with Gasteiger partial charge in [-0.3, -0.25) is 9.69 Å². The largest absolute Gasteiger partial charge is 0.368 e. The summed E-state index contributed by atoms with van der Waals surface area (Å²) < 4.78 is 5.45. The first kappa shape index (κ1) is 13.9. The molecule has 0 radical (unpaired) electrons. The lowest BCUT2D eigenvalue weighted by molar-refractivity contribution is -0.126. The quantitative estimate of drug-likeness (QED) is 0.887. The zero-order valence-electron chi connectivity index (χ0n) is 12.0. The summed E-state index contributed by atoms with van der Waals surface area (Å²) in [5.74, 6) is 0.143. The van der Waals surface area contributed by atoms with Gasteiger partial charge in [0.25, 0.3) is 5.91 Å². The first-order valence-electron chi connectivity index (χ1n) is 7.23. The molecule has 2 heterocycles. The maximum absolute atomic E-state index is 12.1. The number of hydrogen-bond acceptors (Lipinski definition) is 3. The van der Waals surface area contributed by atoms with Gasteiger partial charge < -0.3 is 15.4 Å². The number of rotatable bonds is 3. The number of nitrogens with zero attached hydrogens (tertiary/aromatic N) is 1. The molecule has 6 heteroatoms. The second-order valence-electron chi connectivity index (χ2n) is 5.48. The standard InChI is InChI=1S/C15H19N3O3/c1-10-6-9-21-13(10)14(19)17-11-2-4-12(5-3-11)18-8-7-16-15(18)20/h2-5,10,13H,6-9H2,1H3,(H,16,20)(H,17,19). The van der Waals surface area contributed by atoms with Gasteiger partial charge in [0.2, 0.25) is 0 Å². The van der Waals surface area contributed by atoms with Crippen LogP contribution in [0.25, 0.3) is 0 Å². The molecule has 112 valence electrons. The highest BCUT2D eigenvalue weighted by atomic mass is 16.5. The molecule has 2 saturated heterocycles. The van der Waals surface area contributed by atoms with E-state index in [1.165, 1.54) is 0 Å². The van der Waals surface area contributed by atoms with Crippen LogP contribution in [0.1, 0.15) is 13.3 Å². The van der Waals surface area contributed by atoms with Gasteiger partial charge in [-0.25, -0.2) is 4.79 Å². The number of carbonyl (C=O) groups excluding carboxylic acids is 2. The number of nitrogens with one attached hydrogen (secondary N) is 2. The molecule has 2 fully saturated rings. The molecule has 6 nitrogen and oxygen atoms in total. The summed E-state index contributed by atoms with van der Waals surface area (Å²) in [7, 11) is 0. The van der Waals surface area contributed by atoms with Crippen LogP contribution in [0.5, 0.6) is 0 Å². The smallest absolute Gasteiger partial charge is 0.321 e. The van der Waals surface area contributed by atoms with Crippen LogP contribution in [-0.2, 0) is 9.53 Å². The Bertz CT molecular complexity index is 544. The van der Waals surface area contributed by atoms with Gasteiger partial charge in [0.05, 0.1) is 0 Å². The molecular formula is C15H19N3O3. The van der Waals surface area contributed by atoms with Gasteiger partial charge >= 0.3 is 6.03 Å². The average Bonchev–Trinajstić information content (AvgIpc) is 3.08. The van der Waals surface area contributed by atoms with Crippen LogP contribution in [0.4, 0.5) is 16.2 Å². The molecule has 0 aromatic heterocycles. The number of benzene rings is 1. The highest BCUT2D eigenvalue weighted by Gasteiger charge is 2.30. The van der Waals surface area contributed by atoms with Crippen molar-refractivity contribution >= 4 is 23.3 Å². The third-order valence-electron chi connectivity index (χ3n) is 3.95. The third-order valence-corrected chi connectivity index (χ3v) is 3.95. The van der Waals surface area contributed by atoms with E-state index in [4.69, 9.17) is 4.74 Å². The van der Waals surface area contributed by atoms with Gasteiger partial charge in [0.1, 0.15) is 6.10 Å². The van der Waals surface area contributed by atoms with Crippen molar-refractivity contribution in [3.8, 4) is 0 Å². The molecule has 0 spiro atoms. The van der Waals surface area contributed by atoms with E-state index in [0.717, 1.165) is 12.1 Å². The number of ether oxygens (including phenoxy) is 1. The summed E-state index contributed by atoms with van der Waals surface area (Å²) in [5, 5.41) is 5.62. The zero-order valence-corrected chi connectivity index (χ0v) is 12.0. The molecule has 2 atom stereocenters. The Labute approximate surface area is 123 Å². The van der Waals surface area contributed by atoms with Crippen molar-refractivity contribution in [2.45, 2.75) is 19.4 Å². The minimum Gasteiger partial charge on any atom is -0.368 e. The van der Waals surface area contributed by atoms with Gasteiger partial charge in [-0.15, -0.1) is 0 Å². The van der Waals surface area contributed by atoms with Crippen molar-refractivity contribution in [3.63, 3.8) is 0 Å². The van der Waals surface area contributed by atoms with Crippen LogP contribution in [0.15, 0.2) is 24.3 Å². The van der Waals surface area contributed by atoms with E-state index in [1.807, 2.05) is 19.1 Å². The summed E-state index contributed by atoms with van der Waals surface area (Å²) >= 11 is 0. The Kier molecular flexibility index (Phi) is 3.79. The normalized spacial score (nSPS) is 25.0. The average molecular weight is 289 g/mol. The lowest BCUT2D eigenvalue weighted by atomic mass is 10.0. The molecule has 3 rings (SSSR count). The molecule has 2 aliphatic heterocycles. The SMILES string of the molecule is CC1CCOC1C(=O)Nc1ccc(N2CCNC2=O)cc1. The number of amides is 3. The van der Waals surface area contributed by atoms with Gasteiger partial charge in [-0.1, -0.05) is 6.92 Å². The number of urea groups is 1. The molecule has 3 amide bonds. The van der Waals surface area contributed by atoms with E-state index in [-0.39, 0.29) is 24.0 Å². The van der Waals surface area contributed by atoms with Gasteiger partial charge in [0, 0.05) is 31.1 Å². The van der Waals surface area contributed by atoms with Crippen LogP contribution in [0.3, 0.4) is 0 Å². The number of hydrogen-bond donors (Lipinski definition) is 2. The molecule has 0 saturated carbocycles. The van der Waals surface area contributed by atoms with Crippen LogP contribution in [-0.4, -0.2) is 37.7 Å². The van der Waals surface area contributed by atoms with Gasteiger partial charge in [-0.2, -0.15) is 0 Å². The van der Waals surface area contributed by atoms with Crippen molar-refractivity contribution in [3.05, 3.63) is 24.3 Å². The maximum atomic E-state index is 12.1. The first-order valence-corrected chi connectivity index (χ1v) is 7.23. The molecule has 2 unspecified atom stereocenters. The molecule has 1 aromatic carbocycles. The van der Waals surface area contributed by atoms with Crippen LogP contribution in [0.2, 0.25) is 0 Å². The molecule has 1 aromatic rings. The summed E-state index contributed by atoms with van der Waals surface area (Å²) in [4.78, 5) is 25.4. The van der Waals surface area contributed by atoms with Gasteiger partial charge in [-0.05, 0) is 36.6 Å². The van der Waals surface area contributed by atoms with E-state index >= 15 is 0 Å². The van der Waals surface area contributed by atoms with E-state index in [1.54, 1.807) is 17.0 Å². The third kappa shape index (κ3) is 2.85. The van der Waals surface area contributed by atoms with Crippen LogP contribution >= 0.6 is 0 Å². The fourth-order valence-corrected chi connectivity index (χ4v) is 2.69. The van der Waals surface area contributed by atoms with Crippen molar-refractivity contribution < 1.29 is 14.3 Å². The van der Waals surface area contributed by atoms with E-state index < -0.39 is 0 Å². The Balaban J connectivity index is 1.64. The predicted octanol–water partition coefficient (Wildman–Crippen LogP) is 1.58. The van der Waals surface area contributed by atoms with E-state index in [9.17, 15) is 9.59 Å². The van der Waals surface area contributed by atoms with Crippen molar-refractivity contribution in [1.82, 2.24) is 5.32 Å². The Morgan fingerprint density at radius 2 is 2.14 bits per heavy atom. The highest BCUT2D eigenvalue weighted by molar-refractivity contribution is 5.96. The van der Waals surface area contributed by atoms with Crippen LogP contribution < -0.4 is 15.5 Å². The second kappa shape index (κ2) is 5.73. The summed E-state index contributed by atoms with van der Waals surface area (Å²) in [6.45, 7) is 3.99. The minimum absolute atomic E-state index is 0.0834. The lowest BCUT2D eigenvalue weighted by Gasteiger charge is -2.16. The van der Waals surface area contributed by atoms with E-state index in [0.29, 0.717) is 25.4 Å². The Morgan fingerprint density at radius 1 is 1.38 bits per heavy atom. The Hall–Kier alpha value is -2.08. The molecular weight excluding hydrogens is 270 g/mol. The van der Waals surface area contributed by atoms with Crippen molar-refractivity contribution in [2.24, 2.45) is 5.92 Å². The minimum atomic E-state index is -0.367.